The third-order valence-corrected chi connectivity index (χ3v) is 1.50. The number of nitrogens with one attached hydrogen (secondary N) is 1. The molecule has 0 fully saturated rings. The van der Waals surface area contributed by atoms with Crippen LogP contribution in [0.3, 0.4) is 0 Å². The highest BCUT2D eigenvalue weighted by atomic mass is 15.1. The zero-order valence-corrected chi connectivity index (χ0v) is 5.68. The zero-order valence-electron chi connectivity index (χ0n) is 6.68. The molecule has 0 bridgehead atoms. The van der Waals surface area contributed by atoms with E-state index in [1.165, 1.54) is 0 Å². The summed E-state index contributed by atoms with van der Waals surface area (Å²) in [6.07, 6.45) is 1.69. The molecule has 2 rings (SSSR count). The highest BCUT2D eigenvalue weighted by molar-refractivity contribution is 5.78. The molecule has 0 amide bonds. The van der Waals surface area contributed by atoms with Crippen LogP contribution in [0.5, 0.6) is 0 Å². The Morgan fingerprint density at radius 2 is 2.50 bits per heavy atom. The van der Waals surface area contributed by atoms with Crippen LogP contribution in [0.1, 0.15) is 6.93 Å². The predicted molar refractivity (Wildman–Crippen MR) is 40.8 cm³/mol. The van der Waals surface area contributed by atoms with Gasteiger partial charge in [0.25, 0.3) is 0 Å². The normalized spacial score (nSPS) is 11.9. The monoisotopic (exact) mass is 133 g/mol. The van der Waals surface area contributed by atoms with Crippen LogP contribution in [-0.4, -0.2) is 10.2 Å². The maximum absolute atomic E-state index is 7.64. The van der Waals surface area contributed by atoms with Gasteiger partial charge in [0, 0.05) is 5.39 Å². The van der Waals surface area contributed by atoms with E-state index in [2.05, 4.69) is 10.2 Å². The lowest BCUT2D eigenvalue weighted by molar-refractivity contribution is 1.12. The summed E-state index contributed by atoms with van der Waals surface area (Å²) < 4.78 is 7.64. The molecule has 2 aromatic rings. The highest BCUT2D eigenvalue weighted by Crippen LogP contribution is 2.11. The summed E-state index contributed by atoms with van der Waals surface area (Å²) in [6, 6.07) is 4.43. The topological polar surface area (TPSA) is 28.7 Å². The minimum Gasteiger partial charge on any atom is -0.278 e. The zero-order chi connectivity index (χ0) is 7.84. The van der Waals surface area contributed by atoms with Crippen molar-refractivity contribution in [3.8, 4) is 0 Å². The minimum absolute atomic E-state index is 0.566. The Bertz CT molecular complexity index is 392. The van der Waals surface area contributed by atoms with Gasteiger partial charge in [0.1, 0.15) is 0 Å². The molecule has 1 heterocycles. The predicted octanol–water partition coefficient (Wildman–Crippen LogP) is 1.87. The first-order chi connectivity index (χ1) is 5.29. The summed E-state index contributed by atoms with van der Waals surface area (Å²) in [7, 11) is 0. The summed E-state index contributed by atoms with van der Waals surface area (Å²) >= 11 is 0. The molecule has 2 heteroatoms. The Hall–Kier alpha value is -1.31. The third-order valence-electron chi connectivity index (χ3n) is 1.50. The van der Waals surface area contributed by atoms with Gasteiger partial charge in [-0.3, -0.25) is 5.10 Å². The van der Waals surface area contributed by atoms with Crippen LogP contribution in [0.15, 0.2) is 24.4 Å². The molecular weight excluding hydrogens is 124 g/mol. The van der Waals surface area contributed by atoms with Crippen molar-refractivity contribution in [2.75, 3.05) is 0 Å². The SMILES string of the molecule is [2H]c1c(C)ccc2[nH]ncc12. The molecule has 0 atom stereocenters. The van der Waals surface area contributed by atoms with Gasteiger partial charge in [-0.1, -0.05) is 11.6 Å². The number of benzene rings is 1. The average Bonchev–Trinajstić information content (AvgIpc) is 2.45. The molecule has 0 saturated carbocycles. The number of H-pyrrole nitrogens is 1. The molecule has 2 nitrogen and oxygen atoms in total. The van der Waals surface area contributed by atoms with Gasteiger partial charge in [0.2, 0.25) is 0 Å². The quantitative estimate of drug-likeness (QED) is 0.584. The van der Waals surface area contributed by atoms with Crippen molar-refractivity contribution in [3.63, 3.8) is 0 Å². The van der Waals surface area contributed by atoms with Crippen LogP contribution in [0.2, 0.25) is 0 Å². The van der Waals surface area contributed by atoms with Crippen molar-refractivity contribution >= 4 is 10.9 Å². The summed E-state index contributed by atoms with van der Waals surface area (Å²) in [4.78, 5) is 0. The van der Waals surface area contributed by atoms with Gasteiger partial charge in [-0.05, 0) is 19.0 Å². The number of hydrogen-bond acceptors (Lipinski definition) is 1. The Kier molecular flexibility index (Phi) is 0.826. The second-order valence-corrected chi connectivity index (χ2v) is 2.34. The van der Waals surface area contributed by atoms with Crippen molar-refractivity contribution in [2.24, 2.45) is 0 Å². The number of nitrogens with zero attached hydrogens (tertiary/aromatic N) is 1. The fourth-order valence-electron chi connectivity index (χ4n) is 0.985. The van der Waals surface area contributed by atoms with E-state index in [1.54, 1.807) is 6.20 Å². The van der Waals surface area contributed by atoms with E-state index in [1.807, 2.05) is 19.1 Å². The fraction of sp³-hybridized carbons (Fsp3) is 0.125. The van der Waals surface area contributed by atoms with Crippen LogP contribution < -0.4 is 0 Å². The molecule has 0 aliphatic heterocycles. The van der Waals surface area contributed by atoms with Gasteiger partial charge in [-0.15, -0.1) is 0 Å². The largest absolute Gasteiger partial charge is 0.278 e. The van der Waals surface area contributed by atoms with Crippen molar-refractivity contribution in [1.82, 2.24) is 10.2 Å². The van der Waals surface area contributed by atoms with Crippen LogP contribution >= 0.6 is 0 Å². The van der Waals surface area contributed by atoms with Crippen LogP contribution in [0.25, 0.3) is 10.9 Å². The number of fused-ring (bicyclic) bond motifs is 1. The number of aromatic nitrogens is 2. The molecule has 1 aromatic heterocycles. The maximum Gasteiger partial charge on any atom is 0.0650 e. The van der Waals surface area contributed by atoms with Crippen molar-refractivity contribution in [1.29, 1.82) is 0 Å². The van der Waals surface area contributed by atoms with Crippen LogP contribution in [0.4, 0.5) is 0 Å². The van der Waals surface area contributed by atoms with Crippen molar-refractivity contribution < 1.29 is 1.37 Å². The van der Waals surface area contributed by atoms with E-state index in [4.69, 9.17) is 1.37 Å². The van der Waals surface area contributed by atoms with Gasteiger partial charge in [-0.25, -0.2) is 0 Å². The molecule has 0 radical (unpaired) electrons. The van der Waals surface area contributed by atoms with Crippen molar-refractivity contribution in [3.05, 3.63) is 29.9 Å². The Labute approximate surface area is 60.3 Å². The van der Waals surface area contributed by atoms with Crippen molar-refractivity contribution in [2.45, 2.75) is 6.92 Å². The number of rotatable bonds is 0. The molecule has 0 spiro atoms. The molecule has 0 unspecified atom stereocenters. The Morgan fingerprint density at radius 3 is 3.40 bits per heavy atom. The second-order valence-electron chi connectivity index (χ2n) is 2.34. The van der Waals surface area contributed by atoms with E-state index in [9.17, 15) is 0 Å². The molecule has 1 N–H and O–H groups in total. The molecular formula is C8H8N2. The van der Waals surface area contributed by atoms with Gasteiger partial charge in [-0.2, -0.15) is 5.10 Å². The first-order valence-electron chi connectivity index (χ1n) is 3.68. The number of hydrogen-bond donors (Lipinski definition) is 1. The molecule has 0 aliphatic rings. The van der Waals surface area contributed by atoms with E-state index in [0.717, 1.165) is 16.5 Å². The minimum atomic E-state index is 0.566. The summed E-state index contributed by atoms with van der Waals surface area (Å²) in [5.74, 6) is 0. The standard InChI is InChI=1S/C8H8N2/c1-6-2-3-8-7(4-6)5-9-10-8/h2-5H,1H3,(H,9,10)/i4D. The lowest BCUT2D eigenvalue weighted by Gasteiger charge is -1.89. The average molecular weight is 133 g/mol. The second kappa shape index (κ2) is 1.84. The molecule has 10 heavy (non-hydrogen) atoms. The van der Waals surface area contributed by atoms with Gasteiger partial charge < -0.3 is 0 Å². The third kappa shape index (κ3) is 0.692. The van der Waals surface area contributed by atoms with Gasteiger partial charge in [0.15, 0.2) is 0 Å². The molecule has 1 aromatic carbocycles. The lowest BCUT2D eigenvalue weighted by Crippen LogP contribution is -1.70. The number of aryl methyl sites for hydroxylation is 1. The summed E-state index contributed by atoms with van der Waals surface area (Å²) in [5, 5.41) is 7.57. The summed E-state index contributed by atoms with van der Waals surface area (Å²) in [6.45, 7) is 1.93. The molecule has 0 saturated heterocycles. The Morgan fingerprint density at radius 1 is 1.60 bits per heavy atom. The lowest BCUT2D eigenvalue weighted by atomic mass is 10.2. The maximum atomic E-state index is 7.64. The van der Waals surface area contributed by atoms with E-state index < -0.39 is 0 Å². The van der Waals surface area contributed by atoms with Gasteiger partial charge in [0.05, 0.1) is 13.1 Å². The number of aromatic amines is 1. The molecule has 50 valence electrons. The fourth-order valence-corrected chi connectivity index (χ4v) is 0.985. The van der Waals surface area contributed by atoms with Gasteiger partial charge >= 0.3 is 0 Å². The van der Waals surface area contributed by atoms with Crippen LogP contribution in [0, 0.1) is 6.92 Å². The van der Waals surface area contributed by atoms with E-state index >= 15 is 0 Å². The first-order valence-corrected chi connectivity index (χ1v) is 3.18. The van der Waals surface area contributed by atoms with E-state index in [-0.39, 0.29) is 0 Å². The Balaban J connectivity index is 2.93. The summed E-state index contributed by atoms with van der Waals surface area (Å²) in [5.41, 5.74) is 1.92. The van der Waals surface area contributed by atoms with Crippen LogP contribution in [-0.2, 0) is 0 Å². The first kappa shape index (κ1) is 4.50. The van der Waals surface area contributed by atoms with E-state index in [0.29, 0.717) is 6.04 Å². The highest BCUT2D eigenvalue weighted by Gasteiger charge is 1.92. The smallest absolute Gasteiger partial charge is 0.0650 e. The molecule has 0 aliphatic carbocycles.